The summed E-state index contributed by atoms with van der Waals surface area (Å²) >= 11 is 0.937. The topological polar surface area (TPSA) is 70.0 Å². The van der Waals surface area contributed by atoms with Gasteiger partial charge < -0.3 is 5.32 Å². The first-order valence-corrected chi connectivity index (χ1v) is 11.1. The molecule has 0 aromatic heterocycles. The molecule has 0 bridgehead atoms. The third-order valence-electron chi connectivity index (χ3n) is 4.04. The molecule has 0 radical (unpaired) electrons. The Balaban J connectivity index is 2.13. The van der Waals surface area contributed by atoms with Crippen molar-refractivity contribution in [2.45, 2.75) is 16.0 Å². The molecule has 0 saturated heterocycles. The van der Waals surface area contributed by atoms with Crippen molar-refractivity contribution in [2.24, 2.45) is 0 Å². The van der Waals surface area contributed by atoms with Crippen LogP contribution in [0.2, 0.25) is 0 Å². The van der Waals surface area contributed by atoms with Crippen LogP contribution < -0.4 is 5.32 Å². The van der Waals surface area contributed by atoms with Crippen molar-refractivity contribution in [1.82, 2.24) is 0 Å². The normalized spacial score (nSPS) is 12.6. The maximum atomic E-state index is 13.1. The second kappa shape index (κ2) is 9.29. The highest BCUT2D eigenvalue weighted by molar-refractivity contribution is 8.04. The summed E-state index contributed by atoms with van der Waals surface area (Å²) in [4.78, 5) is -0.0819. The third-order valence-corrected chi connectivity index (χ3v) is 6.91. The number of benzene rings is 3. The van der Waals surface area contributed by atoms with Crippen LogP contribution in [0.25, 0.3) is 0 Å². The number of anilines is 1. The van der Waals surface area contributed by atoms with E-state index in [0.29, 0.717) is 4.90 Å². The monoisotopic (exact) mass is 460 g/mol. The highest BCUT2D eigenvalue weighted by atomic mass is 32.2. The van der Waals surface area contributed by atoms with Crippen molar-refractivity contribution in [3.8, 4) is 6.07 Å². The van der Waals surface area contributed by atoms with E-state index >= 15 is 0 Å². The van der Waals surface area contributed by atoms with E-state index in [4.69, 9.17) is 0 Å². The number of sulfone groups is 1. The number of halogens is 3. The van der Waals surface area contributed by atoms with E-state index in [0.717, 1.165) is 23.9 Å². The molecular weight excluding hydrogens is 445 g/mol. The van der Waals surface area contributed by atoms with E-state index in [1.54, 1.807) is 42.5 Å². The van der Waals surface area contributed by atoms with Crippen LogP contribution in [-0.2, 0) is 16.0 Å². The summed E-state index contributed by atoms with van der Waals surface area (Å²) in [6.07, 6.45) is -4.57. The average molecular weight is 461 g/mol. The Morgan fingerprint density at radius 1 is 0.903 bits per heavy atom. The summed E-state index contributed by atoms with van der Waals surface area (Å²) in [6, 6.07) is 22.0. The minimum absolute atomic E-state index is 0.00395. The van der Waals surface area contributed by atoms with Crippen LogP contribution in [0, 0.1) is 11.3 Å². The number of hydrogen-bond acceptors (Lipinski definition) is 5. The Hall–Kier alpha value is -3.22. The summed E-state index contributed by atoms with van der Waals surface area (Å²) in [5.41, 5.74) is -0.893. The maximum absolute atomic E-state index is 13.1. The quantitative estimate of drug-likeness (QED) is 0.357. The molecule has 0 aliphatic heterocycles. The zero-order chi connectivity index (χ0) is 22.5. The van der Waals surface area contributed by atoms with E-state index in [-0.39, 0.29) is 15.6 Å². The number of nitriles is 1. The molecule has 0 unspecified atom stereocenters. The lowest BCUT2D eigenvalue weighted by molar-refractivity contribution is -0.137. The van der Waals surface area contributed by atoms with Crippen LogP contribution in [0.1, 0.15) is 5.56 Å². The van der Waals surface area contributed by atoms with Gasteiger partial charge in [0.15, 0.2) is 4.91 Å². The molecule has 0 heterocycles. The van der Waals surface area contributed by atoms with Gasteiger partial charge in [-0.3, -0.25) is 0 Å². The van der Waals surface area contributed by atoms with Crippen LogP contribution in [0.3, 0.4) is 0 Å². The Labute approximate surface area is 182 Å². The van der Waals surface area contributed by atoms with Gasteiger partial charge in [-0.05, 0) is 42.5 Å². The Kier molecular flexibility index (Phi) is 6.73. The Bertz CT molecular complexity index is 1230. The van der Waals surface area contributed by atoms with E-state index in [1.165, 1.54) is 36.4 Å². The fraction of sp³-hybridized carbons (Fsp3) is 0.0455. The summed E-state index contributed by atoms with van der Waals surface area (Å²) in [5.74, 6) is 0. The summed E-state index contributed by atoms with van der Waals surface area (Å²) < 4.78 is 65.5. The molecule has 3 rings (SSSR count). The summed E-state index contributed by atoms with van der Waals surface area (Å²) in [7, 11) is -4.22. The number of hydrogen-bond donors (Lipinski definition) is 1. The zero-order valence-electron chi connectivity index (χ0n) is 15.8. The number of alkyl halides is 3. The molecule has 0 aliphatic rings. The van der Waals surface area contributed by atoms with Crippen molar-refractivity contribution < 1.29 is 21.6 Å². The van der Waals surface area contributed by atoms with Crippen LogP contribution in [0.15, 0.2) is 105 Å². The standard InChI is InChI=1S/C22H15F3N2O2S2/c23-22(24,25)16-8-7-9-17(14-16)27-21(30-18-10-3-1-4-11-18)20(15-26)31(28,29)19-12-5-2-6-13-19/h1-14,27H/b21-20-. The van der Waals surface area contributed by atoms with E-state index < -0.39 is 26.5 Å². The second-order valence-electron chi connectivity index (χ2n) is 6.21. The van der Waals surface area contributed by atoms with Crippen LogP contribution >= 0.6 is 11.8 Å². The lowest BCUT2D eigenvalue weighted by Crippen LogP contribution is -2.11. The molecule has 0 saturated carbocycles. The molecule has 9 heteroatoms. The molecule has 158 valence electrons. The minimum atomic E-state index is -4.57. The van der Waals surface area contributed by atoms with Gasteiger partial charge in [-0.1, -0.05) is 54.2 Å². The molecular formula is C22H15F3N2O2S2. The predicted molar refractivity (Wildman–Crippen MR) is 114 cm³/mol. The van der Waals surface area contributed by atoms with E-state index in [9.17, 15) is 26.9 Å². The Morgan fingerprint density at radius 3 is 2.10 bits per heavy atom. The molecule has 0 spiro atoms. The number of allylic oxidation sites excluding steroid dienone is 1. The summed E-state index contributed by atoms with van der Waals surface area (Å²) in [6.45, 7) is 0. The Morgan fingerprint density at radius 2 is 1.52 bits per heavy atom. The molecule has 0 aliphatic carbocycles. The third kappa shape index (κ3) is 5.48. The van der Waals surface area contributed by atoms with Gasteiger partial charge in [-0.25, -0.2) is 8.42 Å². The van der Waals surface area contributed by atoms with Gasteiger partial charge in [0, 0.05) is 10.6 Å². The molecule has 0 amide bonds. The maximum Gasteiger partial charge on any atom is 0.416 e. The number of thioether (sulfide) groups is 1. The van der Waals surface area contributed by atoms with Gasteiger partial charge in [-0.2, -0.15) is 18.4 Å². The van der Waals surface area contributed by atoms with Gasteiger partial charge in [0.25, 0.3) is 0 Å². The van der Waals surface area contributed by atoms with Gasteiger partial charge >= 0.3 is 6.18 Å². The van der Waals surface area contributed by atoms with Crippen LogP contribution in [-0.4, -0.2) is 8.42 Å². The van der Waals surface area contributed by atoms with Crippen molar-refractivity contribution in [2.75, 3.05) is 5.32 Å². The average Bonchev–Trinajstić information content (AvgIpc) is 2.75. The van der Waals surface area contributed by atoms with Gasteiger partial charge in [0.2, 0.25) is 9.84 Å². The van der Waals surface area contributed by atoms with E-state index in [1.807, 2.05) is 0 Å². The zero-order valence-corrected chi connectivity index (χ0v) is 17.4. The highest BCUT2D eigenvalue weighted by Crippen LogP contribution is 2.35. The largest absolute Gasteiger partial charge is 0.416 e. The summed E-state index contributed by atoms with van der Waals surface area (Å²) in [5, 5.41) is 12.3. The van der Waals surface area contributed by atoms with Crippen molar-refractivity contribution in [1.29, 1.82) is 5.26 Å². The van der Waals surface area contributed by atoms with Gasteiger partial charge in [0.1, 0.15) is 11.1 Å². The molecule has 3 aromatic carbocycles. The molecule has 4 nitrogen and oxygen atoms in total. The first kappa shape index (κ1) is 22.5. The lowest BCUT2D eigenvalue weighted by atomic mass is 10.2. The number of nitrogens with one attached hydrogen (secondary N) is 1. The molecule has 1 N–H and O–H groups in total. The highest BCUT2D eigenvalue weighted by Gasteiger charge is 2.31. The van der Waals surface area contributed by atoms with E-state index in [2.05, 4.69) is 5.32 Å². The lowest BCUT2D eigenvalue weighted by Gasteiger charge is -2.15. The first-order valence-electron chi connectivity index (χ1n) is 8.83. The second-order valence-corrected chi connectivity index (χ2v) is 9.18. The fourth-order valence-electron chi connectivity index (χ4n) is 2.59. The molecule has 31 heavy (non-hydrogen) atoms. The minimum Gasteiger partial charge on any atom is -0.348 e. The first-order chi connectivity index (χ1) is 14.7. The van der Waals surface area contributed by atoms with Crippen LogP contribution in [0.4, 0.5) is 18.9 Å². The smallest absolute Gasteiger partial charge is 0.348 e. The van der Waals surface area contributed by atoms with Gasteiger partial charge in [-0.15, -0.1) is 0 Å². The predicted octanol–water partition coefficient (Wildman–Crippen LogP) is 6.08. The molecule has 0 atom stereocenters. The van der Waals surface area contributed by atoms with Crippen LogP contribution in [0.5, 0.6) is 0 Å². The SMILES string of the molecule is N#C/C(=C(\Nc1cccc(C(F)(F)F)c1)Sc1ccccc1)S(=O)(=O)c1ccccc1. The molecule has 0 fully saturated rings. The number of nitrogens with zero attached hydrogens (tertiary/aromatic N) is 1. The van der Waals surface area contributed by atoms with Crippen molar-refractivity contribution >= 4 is 27.3 Å². The van der Waals surface area contributed by atoms with Crippen molar-refractivity contribution in [3.05, 3.63) is 100 Å². The number of rotatable bonds is 6. The fourth-order valence-corrected chi connectivity index (χ4v) is 5.05. The van der Waals surface area contributed by atoms with Gasteiger partial charge in [0.05, 0.1) is 10.5 Å². The molecule has 3 aromatic rings. The van der Waals surface area contributed by atoms with Crippen molar-refractivity contribution in [3.63, 3.8) is 0 Å².